The Labute approximate surface area is 106 Å². The maximum Gasteiger partial charge on any atom is 0.240 e. The van der Waals surface area contributed by atoms with E-state index in [9.17, 15) is 8.42 Å². The van der Waals surface area contributed by atoms with Gasteiger partial charge in [0, 0.05) is 12.6 Å². The Balaban J connectivity index is 2.25. The highest BCUT2D eigenvalue weighted by atomic mass is 32.2. The van der Waals surface area contributed by atoms with Gasteiger partial charge in [-0.05, 0) is 12.1 Å². The van der Waals surface area contributed by atoms with Gasteiger partial charge >= 0.3 is 0 Å². The number of nitrogens with two attached hydrogens (primary N) is 1. The highest BCUT2D eigenvalue weighted by Crippen LogP contribution is 2.27. The first-order valence-electron chi connectivity index (χ1n) is 5.66. The second kappa shape index (κ2) is 5.13. The van der Waals surface area contributed by atoms with E-state index in [-0.39, 0.29) is 11.0 Å². The molecule has 0 atom stereocenters. The summed E-state index contributed by atoms with van der Waals surface area (Å²) in [5, 5.41) is 0. The molecule has 0 radical (unpaired) electrons. The van der Waals surface area contributed by atoms with Crippen molar-refractivity contribution in [2.75, 3.05) is 25.5 Å². The van der Waals surface area contributed by atoms with Crippen LogP contribution in [0.25, 0.3) is 0 Å². The summed E-state index contributed by atoms with van der Waals surface area (Å²) in [6.45, 7) is 3.06. The van der Waals surface area contributed by atoms with Crippen LogP contribution in [0.3, 0.4) is 0 Å². The standard InChI is InChI=1S/C11H16N2O4S/c1-2-13-18(14,15)9-3-4-10(12)11(5-9)17-8-6-16-7-8/h3-5,8,13H,2,6-7,12H2,1H3. The van der Waals surface area contributed by atoms with Gasteiger partial charge in [-0.1, -0.05) is 6.92 Å². The largest absolute Gasteiger partial charge is 0.483 e. The van der Waals surface area contributed by atoms with E-state index in [4.69, 9.17) is 15.2 Å². The molecular weight excluding hydrogens is 256 g/mol. The van der Waals surface area contributed by atoms with E-state index >= 15 is 0 Å². The number of ether oxygens (including phenoxy) is 2. The maximum absolute atomic E-state index is 11.8. The van der Waals surface area contributed by atoms with Gasteiger partial charge in [-0.3, -0.25) is 0 Å². The molecular formula is C11H16N2O4S. The smallest absolute Gasteiger partial charge is 0.240 e. The van der Waals surface area contributed by atoms with Gasteiger partial charge in [0.2, 0.25) is 10.0 Å². The van der Waals surface area contributed by atoms with E-state index in [0.29, 0.717) is 31.2 Å². The average Bonchev–Trinajstić information content (AvgIpc) is 2.25. The van der Waals surface area contributed by atoms with Gasteiger partial charge in [-0.15, -0.1) is 0 Å². The summed E-state index contributed by atoms with van der Waals surface area (Å²) in [6, 6.07) is 4.42. The molecule has 0 aliphatic carbocycles. The van der Waals surface area contributed by atoms with Crippen molar-refractivity contribution in [1.29, 1.82) is 0 Å². The van der Waals surface area contributed by atoms with Crippen LogP contribution in [-0.4, -0.2) is 34.3 Å². The van der Waals surface area contributed by atoms with Crippen LogP contribution in [0.1, 0.15) is 6.92 Å². The summed E-state index contributed by atoms with van der Waals surface area (Å²) < 4.78 is 36.6. The van der Waals surface area contributed by atoms with Gasteiger partial charge in [-0.25, -0.2) is 13.1 Å². The fraction of sp³-hybridized carbons (Fsp3) is 0.455. The molecule has 0 spiro atoms. The van der Waals surface area contributed by atoms with Crippen molar-refractivity contribution in [3.8, 4) is 5.75 Å². The van der Waals surface area contributed by atoms with Crippen LogP contribution in [-0.2, 0) is 14.8 Å². The summed E-state index contributed by atoms with van der Waals surface area (Å²) in [5.74, 6) is 0.377. The minimum atomic E-state index is -3.49. The molecule has 1 fully saturated rings. The number of benzene rings is 1. The van der Waals surface area contributed by atoms with E-state index < -0.39 is 10.0 Å². The van der Waals surface area contributed by atoms with Crippen molar-refractivity contribution >= 4 is 15.7 Å². The number of nitrogens with one attached hydrogen (secondary N) is 1. The highest BCUT2D eigenvalue weighted by molar-refractivity contribution is 7.89. The summed E-state index contributed by atoms with van der Waals surface area (Å²) in [5.41, 5.74) is 6.17. The molecule has 3 N–H and O–H groups in total. The quantitative estimate of drug-likeness (QED) is 0.754. The molecule has 1 heterocycles. The average molecular weight is 272 g/mol. The highest BCUT2D eigenvalue weighted by Gasteiger charge is 2.22. The van der Waals surface area contributed by atoms with Crippen LogP contribution < -0.4 is 15.2 Å². The molecule has 2 rings (SSSR count). The topological polar surface area (TPSA) is 90.7 Å². The SMILES string of the molecule is CCNS(=O)(=O)c1ccc(N)c(OC2COC2)c1. The Morgan fingerprint density at radius 1 is 1.50 bits per heavy atom. The Morgan fingerprint density at radius 3 is 2.78 bits per heavy atom. The zero-order valence-corrected chi connectivity index (χ0v) is 10.9. The molecule has 0 bridgehead atoms. The second-order valence-electron chi connectivity index (χ2n) is 3.98. The van der Waals surface area contributed by atoms with Crippen molar-refractivity contribution in [1.82, 2.24) is 4.72 Å². The first-order chi connectivity index (χ1) is 8.53. The second-order valence-corrected chi connectivity index (χ2v) is 5.75. The third-order valence-corrected chi connectivity index (χ3v) is 4.07. The maximum atomic E-state index is 11.8. The lowest BCUT2D eigenvalue weighted by Crippen LogP contribution is -2.38. The molecule has 100 valence electrons. The van der Waals surface area contributed by atoms with Crippen LogP contribution in [0, 0.1) is 0 Å². The van der Waals surface area contributed by atoms with Crippen LogP contribution in [0.2, 0.25) is 0 Å². The molecule has 1 saturated heterocycles. The van der Waals surface area contributed by atoms with Crippen LogP contribution in [0.5, 0.6) is 5.75 Å². The van der Waals surface area contributed by atoms with Crippen LogP contribution in [0.4, 0.5) is 5.69 Å². The van der Waals surface area contributed by atoms with Gasteiger partial charge in [0.05, 0.1) is 23.8 Å². The summed E-state index contributed by atoms with van der Waals surface area (Å²) in [6.07, 6.45) is -0.0515. The molecule has 0 aromatic heterocycles. The van der Waals surface area contributed by atoms with E-state index in [1.165, 1.54) is 18.2 Å². The molecule has 0 amide bonds. The van der Waals surface area contributed by atoms with Gasteiger partial charge in [0.25, 0.3) is 0 Å². The molecule has 0 unspecified atom stereocenters. The molecule has 6 nitrogen and oxygen atoms in total. The van der Waals surface area contributed by atoms with Gasteiger partial charge in [-0.2, -0.15) is 0 Å². The van der Waals surface area contributed by atoms with E-state index in [0.717, 1.165) is 0 Å². The fourth-order valence-electron chi connectivity index (χ4n) is 1.52. The Hall–Kier alpha value is -1.31. The number of anilines is 1. The number of hydrogen-bond acceptors (Lipinski definition) is 5. The van der Waals surface area contributed by atoms with Crippen molar-refractivity contribution in [2.24, 2.45) is 0 Å². The summed E-state index contributed by atoms with van der Waals surface area (Å²) in [7, 11) is -3.49. The van der Waals surface area contributed by atoms with Gasteiger partial charge < -0.3 is 15.2 Å². The molecule has 1 aromatic rings. The minimum Gasteiger partial charge on any atom is -0.483 e. The predicted octanol–water partition coefficient (Wildman–Crippen LogP) is 0.345. The number of rotatable bonds is 5. The Morgan fingerprint density at radius 2 is 2.22 bits per heavy atom. The van der Waals surface area contributed by atoms with E-state index in [2.05, 4.69) is 4.72 Å². The molecule has 1 aliphatic heterocycles. The molecule has 7 heteroatoms. The Kier molecular flexibility index (Phi) is 3.74. The summed E-state index contributed by atoms with van der Waals surface area (Å²) in [4.78, 5) is 0.147. The number of hydrogen-bond donors (Lipinski definition) is 2. The van der Waals surface area contributed by atoms with E-state index in [1.807, 2.05) is 0 Å². The third kappa shape index (κ3) is 2.74. The first-order valence-corrected chi connectivity index (χ1v) is 7.15. The van der Waals surface area contributed by atoms with Crippen LogP contribution >= 0.6 is 0 Å². The van der Waals surface area contributed by atoms with Crippen molar-refractivity contribution in [2.45, 2.75) is 17.9 Å². The Bertz CT molecular complexity index is 526. The van der Waals surface area contributed by atoms with Crippen molar-refractivity contribution < 1.29 is 17.9 Å². The number of nitrogen functional groups attached to an aromatic ring is 1. The number of sulfonamides is 1. The van der Waals surface area contributed by atoms with Crippen molar-refractivity contribution in [3.63, 3.8) is 0 Å². The third-order valence-electron chi connectivity index (χ3n) is 2.53. The zero-order valence-electron chi connectivity index (χ0n) is 10.0. The first kappa shape index (κ1) is 13.1. The predicted molar refractivity (Wildman–Crippen MR) is 67.0 cm³/mol. The molecule has 1 aromatic carbocycles. The zero-order chi connectivity index (χ0) is 13.2. The monoisotopic (exact) mass is 272 g/mol. The fourth-order valence-corrected chi connectivity index (χ4v) is 2.58. The minimum absolute atomic E-state index is 0.0515. The summed E-state index contributed by atoms with van der Waals surface area (Å²) >= 11 is 0. The van der Waals surface area contributed by atoms with E-state index in [1.54, 1.807) is 6.92 Å². The molecule has 1 aliphatic rings. The van der Waals surface area contributed by atoms with Crippen LogP contribution in [0.15, 0.2) is 23.1 Å². The lowest BCUT2D eigenvalue weighted by molar-refractivity contribution is -0.0794. The van der Waals surface area contributed by atoms with Gasteiger partial charge in [0.15, 0.2) is 0 Å². The molecule has 18 heavy (non-hydrogen) atoms. The lowest BCUT2D eigenvalue weighted by Gasteiger charge is -2.27. The van der Waals surface area contributed by atoms with Gasteiger partial charge in [0.1, 0.15) is 11.9 Å². The normalized spacial score (nSPS) is 16.3. The lowest BCUT2D eigenvalue weighted by atomic mass is 10.2. The molecule has 0 saturated carbocycles. The van der Waals surface area contributed by atoms with Crippen molar-refractivity contribution in [3.05, 3.63) is 18.2 Å².